The first-order valence-corrected chi connectivity index (χ1v) is 6.96. The zero-order valence-corrected chi connectivity index (χ0v) is 11.8. The molecule has 0 amide bonds. The van der Waals surface area contributed by atoms with E-state index in [-0.39, 0.29) is 16.7 Å². The average Bonchev–Trinajstić information content (AvgIpc) is 2.38. The molecule has 1 nitrogen and oxygen atoms in total. The molecule has 0 aliphatic heterocycles. The lowest BCUT2D eigenvalue weighted by molar-refractivity contribution is -0.0328. The fourth-order valence-electron chi connectivity index (χ4n) is 1.58. The molecule has 0 atom stereocenters. The molecule has 0 bridgehead atoms. The molecule has 0 spiro atoms. The van der Waals surface area contributed by atoms with Gasteiger partial charge in [0, 0.05) is 22.2 Å². The third-order valence-electron chi connectivity index (χ3n) is 2.50. The van der Waals surface area contributed by atoms with Gasteiger partial charge in [-0.15, -0.1) is 0 Å². The first-order valence-electron chi connectivity index (χ1n) is 5.76. The molecule has 0 saturated heterocycles. The van der Waals surface area contributed by atoms with Crippen molar-refractivity contribution in [1.82, 2.24) is 0 Å². The van der Waals surface area contributed by atoms with Gasteiger partial charge in [0.15, 0.2) is 0 Å². The predicted octanol–water partition coefficient (Wildman–Crippen LogP) is 5.56. The summed E-state index contributed by atoms with van der Waals surface area (Å²) in [5.74, 6) is 0. The number of thioether (sulfide) groups is 1. The predicted molar refractivity (Wildman–Crippen MR) is 77.1 cm³/mol. The van der Waals surface area contributed by atoms with Crippen LogP contribution in [0, 0.1) is 0 Å². The van der Waals surface area contributed by atoms with Gasteiger partial charge >= 0.3 is 5.51 Å². The Morgan fingerprint density at radius 1 is 0.950 bits per heavy atom. The van der Waals surface area contributed by atoms with Gasteiger partial charge in [-0.2, -0.15) is 13.2 Å². The van der Waals surface area contributed by atoms with E-state index in [0.29, 0.717) is 11.6 Å². The van der Waals surface area contributed by atoms with Crippen LogP contribution in [-0.2, 0) is 6.54 Å². The van der Waals surface area contributed by atoms with Crippen LogP contribution in [0.3, 0.4) is 0 Å². The highest BCUT2D eigenvalue weighted by Gasteiger charge is 2.28. The molecule has 0 heterocycles. The quantitative estimate of drug-likeness (QED) is 0.740. The van der Waals surface area contributed by atoms with Crippen molar-refractivity contribution in [2.45, 2.75) is 16.9 Å². The molecule has 0 unspecified atom stereocenters. The van der Waals surface area contributed by atoms with Crippen molar-refractivity contribution in [1.29, 1.82) is 0 Å². The van der Waals surface area contributed by atoms with Gasteiger partial charge in [-0.3, -0.25) is 0 Å². The second-order valence-electron chi connectivity index (χ2n) is 4.05. The van der Waals surface area contributed by atoms with Crippen LogP contribution in [0.4, 0.5) is 18.9 Å². The van der Waals surface area contributed by atoms with Gasteiger partial charge in [0.1, 0.15) is 0 Å². The van der Waals surface area contributed by atoms with E-state index in [4.69, 9.17) is 11.6 Å². The maximum absolute atomic E-state index is 12.2. The summed E-state index contributed by atoms with van der Waals surface area (Å²) in [6.07, 6.45) is 0. The Labute approximate surface area is 124 Å². The Kier molecular flexibility index (Phi) is 4.83. The second-order valence-corrected chi connectivity index (χ2v) is 5.63. The monoisotopic (exact) mass is 317 g/mol. The Morgan fingerprint density at radius 2 is 1.55 bits per heavy atom. The van der Waals surface area contributed by atoms with Crippen LogP contribution >= 0.6 is 23.4 Å². The van der Waals surface area contributed by atoms with Crippen LogP contribution in [0.1, 0.15) is 5.56 Å². The molecule has 2 aromatic carbocycles. The third-order valence-corrected chi connectivity index (χ3v) is 3.49. The minimum absolute atomic E-state index is 0.110. The largest absolute Gasteiger partial charge is 0.446 e. The van der Waals surface area contributed by atoms with Crippen LogP contribution in [0.25, 0.3) is 0 Å². The fraction of sp³-hybridized carbons (Fsp3) is 0.143. The van der Waals surface area contributed by atoms with Gasteiger partial charge in [0.25, 0.3) is 0 Å². The molecule has 2 rings (SSSR count). The van der Waals surface area contributed by atoms with E-state index in [1.165, 1.54) is 12.1 Å². The van der Waals surface area contributed by atoms with E-state index >= 15 is 0 Å². The molecule has 0 aromatic heterocycles. The van der Waals surface area contributed by atoms with E-state index in [0.717, 1.165) is 11.3 Å². The molecule has 2 aromatic rings. The highest BCUT2D eigenvalue weighted by molar-refractivity contribution is 8.00. The zero-order valence-electron chi connectivity index (χ0n) is 10.2. The van der Waals surface area contributed by atoms with Crippen molar-refractivity contribution in [3.8, 4) is 0 Å². The molecular weight excluding hydrogens is 307 g/mol. The molecule has 0 radical (unpaired) electrons. The summed E-state index contributed by atoms with van der Waals surface area (Å²) in [5.41, 5.74) is -2.43. The topological polar surface area (TPSA) is 12.0 Å². The van der Waals surface area contributed by atoms with E-state index in [9.17, 15) is 13.2 Å². The van der Waals surface area contributed by atoms with Crippen LogP contribution in [0.2, 0.25) is 5.02 Å². The number of halogens is 4. The molecule has 0 saturated carbocycles. The molecular formula is C14H11ClF3NS. The molecule has 0 aliphatic carbocycles. The number of hydrogen-bond acceptors (Lipinski definition) is 2. The number of hydrogen-bond donors (Lipinski definition) is 1. The smallest absolute Gasteiger partial charge is 0.381 e. The first-order chi connectivity index (χ1) is 9.42. The second kappa shape index (κ2) is 6.41. The van der Waals surface area contributed by atoms with E-state index in [2.05, 4.69) is 5.32 Å². The number of benzene rings is 2. The summed E-state index contributed by atoms with van der Waals surface area (Å²) >= 11 is 5.67. The van der Waals surface area contributed by atoms with Crippen LogP contribution in [0.15, 0.2) is 53.4 Å². The summed E-state index contributed by atoms with van der Waals surface area (Å²) in [7, 11) is 0. The van der Waals surface area contributed by atoms with E-state index in [1.807, 2.05) is 12.1 Å². The normalized spacial score (nSPS) is 11.4. The number of anilines is 1. The maximum Gasteiger partial charge on any atom is 0.446 e. The molecule has 6 heteroatoms. The standard InChI is InChI=1S/C14H11ClF3NS/c15-11-3-5-12(6-4-11)19-9-10-1-7-13(8-2-10)20-14(16,17)18/h1-8,19H,9H2. The van der Waals surface area contributed by atoms with Crippen LogP contribution in [0.5, 0.6) is 0 Å². The number of alkyl halides is 3. The van der Waals surface area contributed by atoms with E-state index < -0.39 is 5.51 Å². The summed E-state index contributed by atoms with van der Waals surface area (Å²) in [4.78, 5) is 0.188. The number of rotatable bonds is 4. The van der Waals surface area contributed by atoms with Crippen molar-refractivity contribution in [2.75, 3.05) is 5.32 Å². The highest BCUT2D eigenvalue weighted by Crippen LogP contribution is 2.36. The molecule has 106 valence electrons. The zero-order chi connectivity index (χ0) is 14.6. The minimum atomic E-state index is -4.25. The van der Waals surface area contributed by atoms with Crippen molar-refractivity contribution in [3.05, 3.63) is 59.1 Å². The maximum atomic E-state index is 12.2. The Morgan fingerprint density at radius 3 is 2.10 bits per heavy atom. The van der Waals surface area contributed by atoms with Crippen LogP contribution < -0.4 is 5.32 Å². The van der Waals surface area contributed by atoms with Crippen molar-refractivity contribution in [2.24, 2.45) is 0 Å². The Bertz CT molecular complexity index is 552. The van der Waals surface area contributed by atoms with Crippen molar-refractivity contribution < 1.29 is 13.2 Å². The first kappa shape index (κ1) is 15.1. The van der Waals surface area contributed by atoms with Gasteiger partial charge < -0.3 is 5.32 Å². The summed E-state index contributed by atoms with van der Waals surface area (Å²) in [6, 6.07) is 13.5. The van der Waals surface area contributed by atoms with Gasteiger partial charge in [0.2, 0.25) is 0 Å². The van der Waals surface area contributed by atoms with Gasteiger partial charge in [-0.25, -0.2) is 0 Å². The SMILES string of the molecule is FC(F)(F)Sc1ccc(CNc2ccc(Cl)cc2)cc1. The van der Waals surface area contributed by atoms with Crippen LogP contribution in [-0.4, -0.2) is 5.51 Å². The fourth-order valence-corrected chi connectivity index (χ4v) is 2.25. The molecule has 1 N–H and O–H groups in total. The lowest BCUT2D eigenvalue weighted by Gasteiger charge is -2.08. The molecule has 0 aliphatic rings. The highest BCUT2D eigenvalue weighted by atomic mass is 35.5. The summed E-state index contributed by atoms with van der Waals surface area (Å²) in [6.45, 7) is 0.540. The Hall–Kier alpha value is -1.33. The lowest BCUT2D eigenvalue weighted by atomic mass is 10.2. The van der Waals surface area contributed by atoms with Gasteiger partial charge in [0.05, 0.1) is 0 Å². The van der Waals surface area contributed by atoms with E-state index in [1.54, 1.807) is 24.3 Å². The lowest BCUT2D eigenvalue weighted by Crippen LogP contribution is -2.00. The van der Waals surface area contributed by atoms with Gasteiger partial charge in [-0.1, -0.05) is 23.7 Å². The summed E-state index contributed by atoms with van der Waals surface area (Å²) < 4.78 is 36.6. The van der Waals surface area contributed by atoms with Crippen molar-refractivity contribution in [3.63, 3.8) is 0 Å². The van der Waals surface area contributed by atoms with Crippen molar-refractivity contribution >= 4 is 29.1 Å². The Balaban J connectivity index is 1.92. The van der Waals surface area contributed by atoms with Gasteiger partial charge in [-0.05, 0) is 53.7 Å². The minimum Gasteiger partial charge on any atom is -0.381 e. The summed E-state index contributed by atoms with van der Waals surface area (Å²) in [5, 5.41) is 3.82. The number of nitrogens with one attached hydrogen (secondary N) is 1. The third kappa shape index (κ3) is 4.98. The molecule has 0 fully saturated rings. The average molecular weight is 318 g/mol. The molecule has 20 heavy (non-hydrogen) atoms.